The Morgan fingerprint density at radius 3 is 2.53 bits per heavy atom. The molecule has 0 radical (unpaired) electrons. The number of benzene rings is 1. The van der Waals surface area contributed by atoms with Gasteiger partial charge in [-0.1, -0.05) is 0 Å². The van der Waals surface area contributed by atoms with Gasteiger partial charge in [0.25, 0.3) is 11.6 Å². The summed E-state index contributed by atoms with van der Waals surface area (Å²) in [6, 6.07) is 3.12. The molecule has 1 unspecified atom stereocenters. The molecule has 19 heavy (non-hydrogen) atoms. The summed E-state index contributed by atoms with van der Waals surface area (Å²) in [6.45, 7) is 1.40. The summed E-state index contributed by atoms with van der Waals surface area (Å²) in [6.07, 6.45) is 0. The second-order valence-electron chi connectivity index (χ2n) is 3.84. The van der Waals surface area contributed by atoms with E-state index in [2.05, 4.69) is 10.6 Å². The van der Waals surface area contributed by atoms with Crippen LogP contribution >= 0.6 is 0 Å². The number of hydrogen-bond acceptors (Lipinski definition) is 5. The third kappa shape index (κ3) is 3.41. The smallest absolute Gasteiger partial charge is 0.282 e. The second-order valence-corrected chi connectivity index (χ2v) is 3.84. The normalized spacial score (nSPS) is 11.5. The van der Waals surface area contributed by atoms with Crippen molar-refractivity contribution in [1.29, 1.82) is 0 Å². The van der Waals surface area contributed by atoms with Gasteiger partial charge in [-0.2, -0.15) is 0 Å². The van der Waals surface area contributed by atoms with Crippen LogP contribution in [-0.4, -0.2) is 29.8 Å². The molecule has 2 amide bonds. The van der Waals surface area contributed by atoms with E-state index in [1.54, 1.807) is 7.05 Å². The number of amides is 2. The Bertz CT molecular complexity index is 529. The summed E-state index contributed by atoms with van der Waals surface area (Å²) in [5.74, 6) is -1.45. The molecular weight excluding hydrogens is 252 g/mol. The summed E-state index contributed by atoms with van der Waals surface area (Å²) in [5, 5.41) is 15.9. The van der Waals surface area contributed by atoms with Crippen molar-refractivity contribution < 1.29 is 14.5 Å². The predicted molar refractivity (Wildman–Crippen MR) is 68.8 cm³/mol. The molecule has 8 heteroatoms. The molecule has 8 nitrogen and oxygen atoms in total. The van der Waals surface area contributed by atoms with Crippen molar-refractivity contribution in [3.05, 3.63) is 33.9 Å². The third-order valence-corrected chi connectivity index (χ3v) is 2.50. The summed E-state index contributed by atoms with van der Waals surface area (Å²) >= 11 is 0. The molecule has 1 rings (SSSR count). The van der Waals surface area contributed by atoms with Crippen LogP contribution in [0.2, 0.25) is 0 Å². The number of hydrogen-bond donors (Lipinski definition) is 3. The van der Waals surface area contributed by atoms with Crippen LogP contribution in [0.4, 0.5) is 11.4 Å². The summed E-state index contributed by atoms with van der Waals surface area (Å²) in [4.78, 5) is 33.0. The molecule has 0 aliphatic heterocycles. The van der Waals surface area contributed by atoms with Crippen molar-refractivity contribution in [3.8, 4) is 0 Å². The van der Waals surface area contributed by atoms with E-state index >= 15 is 0 Å². The highest BCUT2D eigenvalue weighted by Gasteiger charge is 2.22. The standard InChI is InChI=1S/C11H14N4O4/c1-6(10(12)16)14-11(17)8-5-7(13-2)3-4-9(8)15(18)19/h3-6,13H,1-2H3,(H2,12,16)(H,14,17). The molecule has 1 aromatic carbocycles. The Balaban J connectivity index is 3.12. The van der Waals surface area contributed by atoms with Gasteiger partial charge < -0.3 is 16.4 Å². The van der Waals surface area contributed by atoms with Crippen LogP contribution in [0.3, 0.4) is 0 Å². The largest absolute Gasteiger partial charge is 0.388 e. The van der Waals surface area contributed by atoms with E-state index in [9.17, 15) is 19.7 Å². The fourth-order valence-corrected chi connectivity index (χ4v) is 1.38. The van der Waals surface area contributed by atoms with Crippen LogP contribution in [0.25, 0.3) is 0 Å². The number of nitro benzene ring substituents is 1. The fourth-order valence-electron chi connectivity index (χ4n) is 1.38. The van der Waals surface area contributed by atoms with E-state index < -0.39 is 22.8 Å². The van der Waals surface area contributed by atoms with E-state index in [4.69, 9.17) is 5.73 Å². The number of primary amides is 1. The number of carbonyl (C=O) groups excluding carboxylic acids is 2. The van der Waals surface area contributed by atoms with E-state index in [1.807, 2.05) is 0 Å². The SMILES string of the molecule is CNc1ccc([N+](=O)[O-])c(C(=O)NC(C)C(N)=O)c1. The van der Waals surface area contributed by atoms with E-state index in [1.165, 1.54) is 25.1 Å². The quantitative estimate of drug-likeness (QED) is 0.519. The summed E-state index contributed by atoms with van der Waals surface area (Å²) < 4.78 is 0. The molecule has 0 aliphatic carbocycles. The number of rotatable bonds is 5. The van der Waals surface area contributed by atoms with Gasteiger partial charge in [0.2, 0.25) is 5.91 Å². The molecule has 0 bridgehead atoms. The summed E-state index contributed by atoms with van der Waals surface area (Å²) in [7, 11) is 1.62. The van der Waals surface area contributed by atoms with Gasteiger partial charge in [0.05, 0.1) is 4.92 Å². The highest BCUT2D eigenvalue weighted by atomic mass is 16.6. The number of nitrogens with two attached hydrogens (primary N) is 1. The zero-order valence-corrected chi connectivity index (χ0v) is 10.5. The van der Waals surface area contributed by atoms with Crippen LogP contribution in [0, 0.1) is 10.1 Å². The van der Waals surface area contributed by atoms with Crippen molar-refractivity contribution in [2.45, 2.75) is 13.0 Å². The van der Waals surface area contributed by atoms with Gasteiger partial charge >= 0.3 is 0 Å². The molecule has 0 spiro atoms. The minimum atomic E-state index is -0.912. The van der Waals surface area contributed by atoms with Crippen molar-refractivity contribution in [2.75, 3.05) is 12.4 Å². The van der Waals surface area contributed by atoms with Gasteiger partial charge in [-0.3, -0.25) is 19.7 Å². The molecule has 0 saturated heterocycles. The Kier molecular flexibility index (Phi) is 4.41. The third-order valence-electron chi connectivity index (χ3n) is 2.50. The van der Waals surface area contributed by atoms with E-state index in [0.29, 0.717) is 5.69 Å². The van der Waals surface area contributed by atoms with Gasteiger partial charge in [0, 0.05) is 18.8 Å². The number of nitro groups is 1. The lowest BCUT2D eigenvalue weighted by molar-refractivity contribution is -0.385. The Morgan fingerprint density at radius 1 is 1.42 bits per heavy atom. The lowest BCUT2D eigenvalue weighted by atomic mass is 10.1. The number of nitrogens with zero attached hydrogens (tertiary/aromatic N) is 1. The molecule has 0 heterocycles. The molecule has 102 valence electrons. The predicted octanol–water partition coefficient (Wildman–Crippen LogP) is 0.240. The molecule has 0 aromatic heterocycles. The van der Waals surface area contributed by atoms with Gasteiger partial charge in [0.15, 0.2) is 0 Å². The zero-order valence-electron chi connectivity index (χ0n) is 10.5. The maximum Gasteiger partial charge on any atom is 0.282 e. The number of nitrogens with one attached hydrogen (secondary N) is 2. The molecule has 4 N–H and O–H groups in total. The average molecular weight is 266 g/mol. The molecule has 0 aliphatic rings. The van der Waals surface area contributed by atoms with Crippen molar-refractivity contribution >= 4 is 23.2 Å². The second kappa shape index (κ2) is 5.80. The highest BCUT2D eigenvalue weighted by Crippen LogP contribution is 2.22. The maximum absolute atomic E-state index is 11.9. The molecule has 0 saturated carbocycles. The molecule has 1 atom stereocenters. The van der Waals surface area contributed by atoms with Gasteiger partial charge in [-0.05, 0) is 19.1 Å². The van der Waals surface area contributed by atoms with Crippen molar-refractivity contribution in [2.24, 2.45) is 5.73 Å². The number of carbonyl (C=O) groups is 2. The first kappa shape index (κ1) is 14.4. The van der Waals surface area contributed by atoms with Gasteiger partial charge in [-0.15, -0.1) is 0 Å². The monoisotopic (exact) mass is 266 g/mol. The van der Waals surface area contributed by atoms with Crippen LogP contribution in [0.5, 0.6) is 0 Å². The fraction of sp³-hybridized carbons (Fsp3) is 0.273. The van der Waals surface area contributed by atoms with Crippen LogP contribution in [-0.2, 0) is 4.79 Å². The number of anilines is 1. The Labute approximate surface area is 109 Å². The van der Waals surface area contributed by atoms with Crippen molar-refractivity contribution in [1.82, 2.24) is 5.32 Å². The Hall–Kier alpha value is -2.64. The molecular formula is C11H14N4O4. The van der Waals surface area contributed by atoms with Crippen LogP contribution < -0.4 is 16.4 Å². The Morgan fingerprint density at radius 2 is 2.05 bits per heavy atom. The van der Waals surface area contributed by atoms with Crippen LogP contribution in [0.15, 0.2) is 18.2 Å². The van der Waals surface area contributed by atoms with E-state index in [0.717, 1.165) is 0 Å². The van der Waals surface area contributed by atoms with Gasteiger partial charge in [-0.25, -0.2) is 0 Å². The zero-order chi connectivity index (χ0) is 14.6. The highest BCUT2D eigenvalue weighted by molar-refractivity contribution is 6.01. The summed E-state index contributed by atoms with van der Waals surface area (Å²) in [5.41, 5.74) is 5.09. The molecule has 1 aromatic rings. The topological polar surface area (TPSA) is 127 Å². The van der Waals surface area contributed by atoms with E-state index in [-0.39, 0.29) is 11.3 Å². The lowest BCUT2D eigenvalue weighted by Crippen LogP contribution is -2.42. The maximum atomic E-state index is 11.9. The van der Waals surface area contributed by atoms with Crippen LogP contribution in [0.1, 0.15) is 17.3 Å². The molecule has 0 fully saturated rings. The average Bonchev–Trinajstić information content (AvgIpc) is 2.37. The first-order chi connectivity index (χ1) is 8.86. The minimum absolute atomic E-state index is 0.134. The lowest BCUT2D eigenvalue weighted by Gasteiger charge is -2.11. The first-order valence-corrected chi connectivity index (χ1v) is 5.43. The van der Waals surface area contributed by atoms with Crippen molar-refractivity contribution in [3.63, 3.8) is 0 Å². The minimum Gasteiger partial charge on any atom is -0.388 e. The van der Waals surface area contributed by atoms with Gasteiger partial charge in [0.1, 0.15) is 11.6 Å². The first-order valence-electron chi connectivity index (χ1n) is 5.43.